The average Bonchev–Trinajstić information content (AvgIpc) is 2.22. The maximum absolute atomic E-state index is 11.0. The number of rotatable bonds is 7. The van der Waals surface area contributed by atoms with Crippen LogP contribution in [0.5, 0.6) is 0 Å². The predicted octanol–water partition coefficient (Wildman–Crippen LogP) is 0.116. The van der Waals surface area contributed by atoms with Crippen molar-refractivity contribution in [3.63, 3.8) is 0 Å². The van der Waals surface area contributed by atoms with Crippen molar-refractivity contribution in [1.29, 1.82) is 0 Å². The minimum absolute atomic E-state index is 0.0115. The summed E-state index contributed by atoms with van der Waals surface area (Å²) in [6, 6.07) is 0. The Hall–Kier alpha value is -0.620. The summed E-state index contributed by atoms with van der Waals surface area (Å²) in [7, 11) is -0.763. The molecule has 0 rings (SSSR count). The smallest absolute Gasteiger partial charge is 0.143 e. The first-order valence-electron chi connectivity index (χ1n) is 4.99. The van der Waals surface area contributed by atoms with Gasteiger partial charge in [-0.25, -0.2) is 0 Å². The van der Waals surface area contributed by atoms with Gasteiger partial charge in [-0.3, -0.25) is 4.21 Å². The van der Waals surface area contributed by atoms with Crippen LogP contribution in [-0.4, -0.2) is 39.8 Å². The molecule has 0 radical (unpaired) electrons. The van der Waals surface area contributed by atoms with Gasteiger partial charge in [-0.2, -0.15) is 0 Å². The molecule has 0 aromatic carbocycles. The lowest BCUT2D eigenvalue weighted by atomic mass is 10.1. The van der Waals surface area contributed by atoms with Crippen molar-refractivity contribution < 1.29 is 9.42 Å². The summed E-state index contributed by atoms with van der Waals surface area (Å²) in [6.07, 6.45) is 2.58. The third-order valence-electron chi connectivity index (χ3n) is 2.37. The lowest BCUT2D eigenvalue weighted by Gasteiger charge is -2.12. The summed E-state index contributed by atoms with van der Waals surface area (Å²) in [5, 5.41) is 14.7. The minimum atomic E-state index is -0.763. The number of hydrogen-bond acceptors (Lipinski definition) is 4. The largest absolute Gasteiger partial charge is 0.409 e. The van der Waals surface area contributed by atoms with Gasteiger partial charge in [0.15, 0.2) is 0 Å². The van der Waals surface area contributed by atoms with Crippen molar-refractivity contribution >= 4 is 16.6 Å². The van der Waals surface area contributed by atoms with E-state index < -0.39 is 10.8 Å². The molecule has 0 fully saturated rings. The second kappa shape index (κ2) is 7.64. The van der Waals surface area contributed by atoms with Gasteiger partial charge in [0.2, 0.25) is 0 Å². The van der Waals surface area contributed by atoms with Crippen LogP contribution in [0.15, 0.2) is 5.16 Å². The molecule has 6 heteroatoms. The van der Waals surface area contributed by atoms with Gasteiger partial charge < -0.3 is 16.3 Å². The van der Waals surface area contributed by atoms with Crippen molar-refractivity contribution in [3.05, 3.63) is 0 Å². The molecule has 0 spiro atoms. The van der Waals surface area contributed by atoms with Crippen LogP contribution in [0.25, 0.3) is 0 Å². The Balaban J connectivity index is 3.59. The summed E-state index contributed by atoms with van der Waals surface area (Å²) < 4.78 is 11.0. The van der Waals surface area contributed by atoms with E-state index >= 15 is 0 Å². The van der Waals surface area contributed by atoms with Crippen LogP contribution in [0, 0.1) is 5.92 Å². The van der Waals surface area contributed by atoms with Gasteiger partial charge in [0, 0.05) is 34.8 Å². The Morgan fingerprint density at radius 2 is 2.20 bits per heavy atom. The minimum Gasteiger partial charge on any atom is -0.409 e. The first-order chi connectivity index (χ1) is 6.99. The van der Waals surface area contributed by atoms with Crippen LogP contribution in [0.3, 0.4) is 0 Å². The molecule has 0 amide bonds. The van der Waals surface area contributed by atoms with Crippen molar-refractivity contribution in [3.8, 4) is 0 Å². The second-order valence-electron chi connectivity index (χ2n) is 3.73. The van der Waals surface area contributed by atoms with Crippen LogP contribution < -0.4 is 11.1 Å². The summed E-state index contributed by atoms with van der Waals surface area (Å²) >= 11 is 0. The Bertz CT molecular complexity index is 233. The Kier molecular flexibility index (Phi) is 7.33. The Morgan fingerprint density at radius 3 is 2.67 bits per heavy atom. The number of nitrogens with zero attached hydrogens (tertiary/aromatic N) is 1. The molecule has 0 saturated heterocycles. The molecule has 0 saturated carbocycles. The fourth-order valence-corrected chi connectivity index (χ4v) is 1.44. The van der Waals surface area contributed by atoms with Gasteiger partial charge in [-0.1, -0.05) is 19.0 Å². The predicted molar refractivity (Wildman–Crippen MR) is 63.6 cm³/mol. The molecule has 0 aromatic rings. The fraction of sp³-hybridized carbons (Fsp3) is 0.889. The van der Waals surface area contributed by atoms with Crippen molar-refractivity contribution in [2.45, 2.75) is 25.5 Å². The zero-order valence-electron chi connectivity index (χ0n) is 9.56. The van der Waals surface area contributed by atoms with Crippen molar-refractivity contribution in [2.75, 3.05) is 19.3 Å². The summed E-state index contributed by atoms with van der Waals surface area (Å²) in [4.78, 5) is 0. The van der Waals surface area contributed by atoms with Gasteiger partial charge >= 0.3 is 0 Å². The third kappa shape index (κ3) is 6.46. The van der Waals surface area contributed by atoms with E-state index in [0.29, 0.717) is 6.54 Å². The van der Waals surface area contributed by atoms with E-state index in [1.54, 1.807) is 6.26 Å². The molecule has 0 aliphatic carbocycles. The maximum Gasteiger partial charge on any atom is 0.143 e. The first-order valence-corrected chi connectivity index (χ1v) is 6.61. The summed E-state index contributed by atoms with van der Waals surface area (Å²) in [6.45, 7) is 5.30. The molecule has 0 aliphatic heterocycles. The fourth-order valence-electron chi connectivity index (χ4n) is 0.993. The lowest BCUT2D eigenvalue weighted by Crippen LogP contribution is -2.32. The summed E-state index contributed by atoms with van der Waals surface area (Å²) in [5.41, 5.74) is 5.42. The average molecular weight is 235 g/mol. The molecular weight excluding hydrogens is 214 g/mol. The zero-order chi connectivity index (χ0) is 11.8. The molecule has 5 nitrogen and oxygen atoms in total. The first kappa shape index (κ1) is 14.4. The highest BCUT2D eigenvalue weighted by atomic mass is 32.2. The topological polar surface area (TPSA) is 87.7 Å². The SMILES string of the molecule is CC(CNCCC(C)S(C)=O)C(N)=NO. The van der Waals surface area contributed by atoms with E-state index in [1.807, 2.05) is 13.8 Å². The highest BCUT2D eigenvalue weighted by molar-refractivity contribution is 7.84. The van der Waals surface area contributed by atoms with Gasteiger partial charge in [-0.05, 0) is 13.0 Å². The van der Waals surface area contributed by atoms with E-state index in [1.165, 1.54) is 0 Å². The standard InChI is InChI=1S/C9H21N3O2S/c1-7(9(10)12-13)6-11-5-4-8(2)15(3)14/h7-8,11,13H,4-6H2,1-3H3,(H2,10,12). The Morgan fingerprint density at radius 1 is 1.60 bits per heavy atom. The van der Waals surface area contributed by atoms with Crippen molar-refractivity contribution in [1.82, 2.24) is 5.32 Å². The monoisotopic (exact) mass is 235 g/mol. The highest BCUT2D eigenvalue weighted by Crippen LogP contribution is 1.98. The normalized spacial score (nSPS) is 18.5. The van der Waals surface area contributed by atoms with Gasteiger partial charge in [0.05, 0.1) is 0 Å². The third-order valence-corrected chi connectivity index (χ3v) is 3.73. The second-order valence-corrected chi connectivity index (χ2v) is 5.53. The number of nitrogens with two attached hydrogens (primary N) is 1. The molecule has 15 heavy (non-hydrogen) atoms. The molecule has 4 N–H and O–H groups in total. The molecule has 0 heterocycles. The molecule has 0 aromatic heterocycles. The number of amidine groups is 1. The van der Waals surface area contributed by atoms with E-state index in [4.69, 9.17) is 10.9 Å². The van der Waals surface area contributed by atoms with Crippen LogP contribution in [0.4, 0.5) is 0 Å². The summed E-state index contributed by atoms with van der Waals surface area (Å²) in [5.74, 6) is 0.243. The number of nitrogens with one attached hydrogen (secondary N) is 1. The quantitative estimate of drug-likeness (QED) is 0.192. The zero-order valence-corrected chi connectivity index (χ0v) is 10.4. The Labute approximate surface area is 93.6 Å². The molecule has 0 aliphatic rings. The highest BCUT2D eigenvalue weighted by Gasteiger charge is 2.08. The van der Waals surface area contributed by atoms with E-state index in [0.717, 1.165) is 13.0 Å². The van der Waals surface area contributed by atoms with Gasteiger partial charge in [0.1, 0.15) is 5.84 Å². The van der Waals surface area contributed by atoms with Gasteiger partial charge in [-0.15, -0.1) is 0 Å². The molecule has 3 unspecified atom stereocenters. The van der Waals surface area contributed by atoms with Crippen LogP contribution >= 0.6 is 0 Å². The van der Waals surface area contributed by atoms with Crippen LogP contribution in [0.1, 0.15) is 20.3 Å². The number of hydrogen-bond donors (Lipinski definition) is 3. The molecule has 3 atom stereocenters. The van der Waals surface area contributed by atoms with Crippen LogP contribution in [-0.2, 0) is 10.8 Å². The van der Waals surface area contributed by atoms with E-state index in [-0.39, 0.29) is 17.0 Å². The number of oxime groups is 1. The van der Waals surface area contributed by atoms with Crippen LogP contribution in [0.2, 0.25) is 0 Å². The molecule has 90 valence electrons. The van der Waals surface area contributed by atoms with E-state index in [9.17, 15) is 4.21 Å². The lowest BCUT2D eigenvalue weighted by molar-refractivity contribution is 0.314. The van der Waals surface area contributed by atoms with Crippen molar-refractivity contribution in [2.24, 2.45) is 16.8 Å². The van der Waals surface area contributed by atoms with Gasteiger partial charge in [0.25, 0.3) is 0 Å². The molecule has 0 bridgehead atoms. The maximum atomic E-state index is 11.0. The van der Waals surface area contributed by atoms with E-state index in [2.05, 4.69) is 10.5 Å². The molecular formula is C9H21N3O2S.